The summed E-state index contributed by atoms with van der Waals surface area (Å²) < 4.78 is 31.7. The fourth-order valence-corrected chi connectivity index (χ4v) is 2.00. The molecule has 2 aromatic rings. The molecule has 0 aliphatic heterocycles. The first-order chi connectivity index (χ1) is 11.4. The van der Waals surface area contributed by atoms with Gasteiger partial charge in [-0.3, -0.25) is 0 Å². The van der Waals surface area contributed by atoms with Crippen molar-refractivity contribution in [1.29, 1.82) is 0 Å². The molecule has 24 heavy (non-hydrogen) atoms. The van der Waals surface area contributed by atoms with E-state index in [0.717, 1.165) is 12.1 Å². The minimum absolute atomic E-state index is 0.0875. The fourth-order valence-electron chi connectivity index (χ4n) is 2.00. The molecule has 1 N–H and O–H groups in total. The predicted octanol–water partition coefficient (Wildman–Crippen LogP) is 3.81. The van der Waals surface area contributed by atoms with E-state index in [4.69, 9.17) is 4.74 Å². The lowest BCUT2D eigenvalue weighted by molar-refractivity contribution is 0.218. The third-order valence-corrected chi connectivity index (χ3v) is 3.11. The molecule has 0 unspecified atom stereocenters. The Morgan fingerprint density at radius 2 is 2.04 bits per heavy atom. The van der Waals surface area contributed by atoms with Crippen LogP contribution in [0, 0.1) is 11.6 Å². The highest BCUT2D eigenvalue weighted by molar-refractivity contribution is 5.90. The molecule has 1 aromatic carbocycles. The second kappa shape index (κ2) is 7.72. The number of aromatic nitrogens is 1. The zero-order valence-electron chi connectivity index (χ0n) is 13.7. The van der Waals surface area contributed by atoms with E-state index in [0.29, 0.717) is 17.1 Å². The number of anilines is 1. The molecule has 128 valence electrons. The summed E-state index contributed by atoms with van der Waals surface area (Å²) in [6.07, 6.45) is 1.48. The summed E-state index contributed by atoms with van der Waals surface area (Å²) in [7, 11) is 1.55. The summed E-state index contributed by atoms with van der Waals surface area (Å²) in [4.78, 5) is 17.7. The predicted molar refractivity (Wildman–Crippen MR) is 86.8 cm³/mol. The van der Waals surface area contributed by atoms with Crippen molar-refractivity contribution in [2.75, 3.05) is 12.4 Å². The zero-order chi connectivity index (χ0) is 17.7. The van der Waals surface area contributed by atoms with Gasteiger partial charge in [0.05, 0.1) is 6.10 Å². The molecular weight excluding hydrogens is 316 g/mol. The molecule has 0 fully saturated rings. The highest BCUT2D eigenvalue weighted by atomic mass is 19.2. The SMILES string of the molecule is CC(C)Oc1ncccc1NC(=O)N(C)Cc1ccc(F)c(F)c1. The first-order valence-corrected chi connectivity index (χ1v) is 7.44. The van der Waals surface area contributed by atoms with Crippen LogP contribution in [0.25, 0.3) is 0 Å². The van der Waals surface area contributed by atoms with Crippen molar-refractivity contribution in [3.05, 3.63) is 53.7 Å². The Morgan fingerprint density at radius 1 is 1.29 bits per heavy atom. The molecule has 2 amide bonds. The van der Waals surface area contributed by atoms with Gasteiger partial charge in [-0.15, -0.1) is 0 Å². The van der Waals surface area contributed by atoms with Crippen molar-refractivity contribution in [3.8, 4) is 5.88 Å². The summed E-state index contributed by atoms with van der Waals surface area (Å²) in [6, 6.07) is 6.47. The van der Waals surface area contributed by atoms with E-state index in [2.05, 4.69) is 10.3 Å². The fraction of sp³-hybridized carbons (Fsp3) is 0.294. The van der Waals surface area contributed by atoms with Gasteiger partial charge >= 0.3 is 6.03 Å². The maximum absolute atomic E-state index is 13.2. The normalized spacial score (nSPS) is 10.6. The number of ether oxygens (including phenoxy) is 1. The van der Waals surface area contributed by atoms with Gasteiger partial charge in [-0.2, -0.15) is 0 Å². The van der Waals surface area contributed by atoms with Crippen molar-refractivity contribution in [2.45, 2.75) is 26.5 Å². The third kappa shape index (κ3) is 4.65. The number of carbonyl (C=O) groups excluding carboxylic acids is 1. The molecule has 0 bridgehead atoms. The molecule has 0 aliphatic rings. The average Bonchev–Trinajstić information content (AvgIpc) is 2.52. The van der Waals surface area contributed by atoms with Crippen molar-refractivity contribution in [2.24, 2.45) is 0 Å². The molecule has 0 atom stereocenters. The van der Waals surface area contributed by atoms with Gasteiger partial charge in [0.1, 0.15) is 5.69 Å². The largest absolute Gasteiger partial charge is 0.473 e. The summed E-state index contributed by atoms with van der Waals surface area (Å²) >= 11 is 0. The van der Waals surface area contributed by atoms with Crippen LogP contribution in [0.5, 0.6) is 5.88 Å². The number of halogens is 2. The second-order valence-corrected chi connectivity index (χ2v) is 5.56. The maximum atomic E-state index is 13.2. The molecule has 0 saturated heterocycles. The zero-order valence-corrected chi connectivity index (χ0v) is 13.7. The van der Waals surface area contributed by atoms with Gasteiger partial charge < -0.3 is 15.0 Å². The number of hydrogen-bond donors (Lipinski definition) is 1. The highest BCUT2D eigenvalue weighted by Crippen LogP contribution is 2.22. The minimum Gasteiger partial charge on any atom is -0.473 e. The lowest BCUT2D eigenvalue weighted by Crippen LogP contribution is -2.31. The molecule has 7 heteroatoms. The van der Waals surface area contributed by atoms with E-state index in [1.165, 1.54) is 11.0 Å². The Balaban J connectivity index is 2.05. The standard InChI is InChI=1S/C17H19F2N3O2/c1-11(2)24-16-15(5-4-8-20-16)21-17(23)22(3)10-12-6-7-13(18)14(19)9-12/h4-9,11H,10H2,1-3H3,(H,21,23). The Bertz CT molecular complexity index is 723. The number of hydrogen-bond acceptors (Lipinski definition) is 3. The van der Waals surface area contributed by atoms with E-state index in [1.54, 1.807) is 25.4 Å². The molecule has 0 radical (unpaired) electrons. The molecule has 0 spiro atoms. The van der Waals surface area contributed by atoms with Gasteiger partial charge in [-0.05, 0) is 43.7 Å². The first-order valence-electron chi connectivity index (χ1n) is 7.44. The van der Waals surface area contributed by atoms with E-state index in [1.807, 2.05) is 13.8 Å². The molecule has 2 rings (SSSR count). The Kier molecular flexibility index (Phi) is 5.68. The summed E-state index contributed by atoms with van der Waals surface area (Å²) in [6.45, 7) is 3.84. The number of nitrogens with one attached hydrogen (secondary N) is 1. The van der Waals surface area contributed by atoms with Crippen molar-refractivity contribution in [3.63, 3.8) is 0 Å². The average molecular weight is 335 g/mol. The number of carbonyl (C=O) groups is 1. The van der Waals surface area contributed by atoms with Crippen LogP contribution in [0.1, 0.15) is 19.4 Å². The van der Waals surface area contributed by atoms with Gasteiger partial charge in [0.15, 0.2) is 11.6 Å². The number of nitrogens with zero attached hydrogens (tertiary/aromatic N) is 2. The van der Waals surface area contributed by atoms with Crippen LogP contribution in [0.4, 0.5) is 19.3 Å². The Labute approximate surface area is 139 Å². The van der Waals surface area contributed by atoms with Gasteiger partial charge in [0.2, 0.25) is 5.88 Å². The van der Waals surface area contributed by atoms with Crippen LogP contribution in [0.2, 0.25) is 0 Å². The summed E-state index contributed by atoms with van der Waals surface area (Å²) in [5.41, 5.74) is 0.921. The lowest BCUT2D eigenvalue weighted by Gasteiger charge is -2.19. The topological polar surface area (TPSA) is 54.5 Å². The number of rotatable bonds is 5. The Hall–Kier alpha value is -2.70. The molecular formula is C17H19F2N3O2. The minimum atomic E-state index is -0.943. The van der Waals surface area contributed by atoms with Crippen LogP contribution >= 0.6 is 0 Å². The van der Waals surface area contributed by atoms with Crippen molar-refractivity contribution in [1.82, 2.24) is 9.88 Å². The first kappa shape index (κ1) is 17.7. The highest BCUT2D eigenvalue weighted by Gasteiger charge is 2.14. The van der Waals surface area contributed by atoms with Gasteiger partial charge in [-0.25, -0.2) is 18.6 Å². The molecule has 1 aromatic heterocycles. The van der Waals surface area contributed by atoms with Crippen molar-refractivity contribution < 1.29 is 18.3 Å². The van der Waals surface area contributed by atoms with Crippen LogP contribution < -0.4 is 10.1 Å². The molecule has 0 saturated carbocycles. The number of pyridine rings is 1. The number of urea groups is 1. The smallest absolute Gasteiger partial charge is 0.322 e. The van der Waals surface area contributed by atoms with E-state index in [9.17, 15) is 13.6 Å². The van der Waals surface area contributed by atoms with Crippen LogP contribution in [-0.4, -0.2) is 29.1 Å². The summed E-state index contributed by atoms with van der Waals surface area (Å²) in [5.74, 6) is -1.54. The summed E-state index contributed by atoms with van der Waals surface area (Å²) in [5, 5.41) is 2.69. The van der Waals surface area contributed by atoms with E-state index >= 15 is 0 Å². The van der Waals surface area contributed by atoms with Crippen molar-refractivity contribution >= 4 is 11.7 Å². The molecule has 5 nitrogen and oxygen atoms in total. The van der Waals surface area contributed by atoms with E-state index in [-0.39, 0.29) is 12.6 Å². The van der Waals surface area contributed by atoms with E-state index < -0.39 is 17.7 Å². The third-order valence-electron chi connectivity index (χ3n) is 3.11. The van der Waals surface area contributed by atoms with Crippen LogP contribution in [-0.2, 0) is 6.54 Å². The van der Waals surface area contributed by atoms with Gasteiger partial charge in [-0.1, -0.05) is 6.07 Å². The second-order valence-electron chi connectivity index (χ2n) is 5.56. The molecule has 0 aliphatic carbocycles. The molecule has 1 heterocycles. The van der Waals surface area contributed by atoms with Gasteiger partial charge in [0, 0.05) is 19.8 Å². The Morgan fingerprint density at radius 3 is 2.71 bits per heavy atom. The van der Waals surface area contributed by atoms with Crippen LogP contribution in [0.15, 0.2) is 36.5 Å². The van der Waals surface area contributed by atoms with Crippen LogP contribution in [0.3, 0.4) is 0 Å². The maximum Gasteiger partial charge on any atom is 0.322 e. The monoisotopic (exact) mass is 335 g/mol. The number of amides is 2. The lowest BCUT2D eigenvalue weighted by atomic mass is 10.2. The van der Waals surface area contributed by atoms with Gasteiger partial charge in [0.25, 0.3) is 0 Å². The quantitative estimate of drug-likeness (QED) is 0.904. The number of benzene rings is 1.